The van der Waals surface area contributed by atoms with Crippen molar-refractivity contribution in [1.82, 2.24) is 4.31 Å². The van der Waals surface area contributed by atoms with Crippen molar-refractivity contribution in [3.8, 4) is 11.5 Å². The minimum Gasteiger partial charge on any atom is -0.486 e. The number of fused-ring (bicyclic) bond motifs is 1. The van der Waals surface area contributed by atoms with E-state index in [1.165, 1.54) is 4.31 Å². The molecule has 1 saturated heterocycles. The molecule has 2 heterocycles. The Labute approximate surface area is 150 Å². The molecular weight excluding hydrogens is 364 g/mol. The van der Waals surface area contributed by atoms with Crippen LogP contribution in [0.25, 0.3) is 0 Å². The first-order valence-electron chi connectivity index (χ1n) is 8.33. The van der Waals surface area contributed by atoms with E-state index in [0.29, 0.717) is 44.1 Å². The summed E-state index contributed by atoms with van der Waals surface area (Å²) in [6, 6.07) is 7.64. The minimum atomic E-state index is -3.94. The largest absolute Gasteiger partial charge is 0.486 e. The van der Waals surface area contributed by atoms with Crippen LogP contribution >= 0.6 is 0 Å². The smallest absolute Gasteiger partial charge is 0.243 e. The molecule has 2 aliphatic rings. The van der Waals surface area contributed by atoms with Crippen LogP contribution in [-0.4, -0.2) is 32.5 Å². The highest BCUT2D eigenvalue weighted by atomic mass is 32.2. The number of halogens is 2. The lowest BCUT2D eigenvalue weighted by Gasteiger charge is -2.26. The Morgan fingerprint density at radius 2 is 1.73 bits per heavy atom. The van der Waals surface area contributed by atoms with Gasteiger partial charge in [0.1, 0.15) is 13.2 Å². The van der Waals surface area contributed by atoms with Crippen molar-refractivity contribution in [2.45, 2.75) is 23.8 Å². The van der Waals surface area contributed by atoms with E-state index in [2.05, 4.69) is 0 Å². The van der Waals surface area contributed by atoms with E-state index in [0.717, 1.165) is 23.8 Å². The summed E-state index contributed by atoms with van der Waals surface area (Å²) >= 11 is 0. The summed E-state index contributed by atoms with van der Waals surface area (Å²) in [5.41, 5.74) is 0.790. The van der Waals surface area contributed by atoms with E-state index in [-0.39, 0.29) is 10.9 Å². The molecule has 2 aromatic rings. The van der Waals surface area contributed by atoms with Crippen molar-refractivity contribution >= 4 is 10.0 Å². The highest BCUT2D eigenvalue weighted by Gasteiger charge is 2.37. The third kappa shape index (κ3) is 2.93. The zero-order chi connectivity index (χ0) is 18.3. The van der Waals surface area contributed by atoms with Crippen LogP contribution in [0.4, 0.5) is 8.78 Å². The predicted octanol–water partition coefficient (Wildman–Crippen LogP) is 3.26. The minimum absolute atomic E-state index is 0.249. The number of hydrogen-bond acceptors (Lipinski definition) is 4. The van der Waals surface area contributed by atoms with Crippen molar-refractivity contribution in [1.29, 1.82) is 0 Å². The summed E-state index contributed by atoms with van der Waals surface area (Å²) < 4.78 is 65.0. The Balaban J connectivity index is 1.69. The molecule has 138 valence electrons. The fourth-order valence-corrected chi connectivity index (χ4v) is 5.10. The third-order valence-corrected chi connectivity index (χ3v) is 6.56. The Hall–Kier alpha value is -2.19. The van der Waals surface area contributed by atoms with Crippen molar-refractivity contribution in [2.75, 3.05) is 19.8 Å². The summed E-state index contributed by atoms with van der Waals surface area (Å²) in [5.74, 6) is -1.03. The Morgan fingerprint density at radius 1 is 0.962 bits per heavy atom. The number of ether oxygens (including phenoxy) is 2. The highest BCUT2D eigenvalue weighted by molar-refractivity contribution is 7.89. The van der Waals surface area contributed by atoms with E-state index in [1.54, 1.807) is 12.1 Å². The van der Waals surface area contributed by atoms with Gasteiger partial charge in [0.05, 0.1) is 10.9 Å². The van der Waals surface area contributed by atoms with E-state index in [9.17, 15) is 17.2 Å². The zero-order valence-corrected chi connectivity index (χ0v) is 14.6. The highest BCUT2D eigenvalue weighted by Crippen LogP contribution is 2.40. The van der Waals surface area contributed by atoms with Gasteiger partial charge in [0.25, 0.3) is 0 Å². The summed E-state index contributed by atoms with van der Waals surface area (Å²) in [6.45, 7) is 1.24. The van der Waals surface area contributed by atoms with E-state index >= 15 is 0 Å². The number of hydrogen-bond donors (Lipinski definition) is 0. The lowest BCUT2D eigenvalue weighted by Crippen LogP contribution is -2.31. The van der Waals surface area contributed by atoms with Gasteiger partial charge in [0.2, 0.25) is 10.0 Å². The SMILES string of the molecule is O=S(=O)(c1ccc(F)c(F)c1)N1CCC[C@H]1c1ccc2c(c1)OCCO2. The average molecular weight is 381 g/mol. The van der Waals surface area contributed by atoms with Crippen LogP contribution in [0.3, 0.4) is 0 Å². The molecule has 0 bridgehead atoms. The summed E-state index contributed by atoms with van der Waals surface area (Å²) in [5, 5.41) is 0. The van der Waals surface area contributed by atoms with Crippen LogP contribution in [-0.2, 0) is 10.0 Å². The Kier molecular flexibility index (Phi) is 4.32. The molecule has 2 aromatic carbocycles. The first kappa shape index (κ1) is 17.2. The van der Waals surface area contributed by atoms with Gasteiger partial charge in [-0.25, -0.2) is 17.2 Å². The van der Waals surface area contributed by atoms with Crippen LogP contribution in [0.2, 0.25) is 0 Å². The van der Waals surface area contributed by atoms with Crippen LogP contribution in [0.5, 0.6) is 11.5 Å². The second kappa shape index (κ2) is 6.51. The molecule has 26 heavy (non-hydrogen) atoms. The number of nitrogens with zero attached hydrogens (tertiary/aromatic N) is 1. The molecule has 5 nitrogen and oxygen atoms in total. The molecule has 0 aromatic heterocycles. The second-order valence-electron chi connectivity index (χ2n) is 6.25. The van der Waals surface area contributed by atoms with Gasteiger partial charge in [-0.3, -0.25) is 0 Å². The second-order valence-corrected chi connectivity index (χ2v) is 8.14. The molecule has 1 atom stereocenters. The zero-order valence-electron chi connectivity index (χ0n) is 13.8. The van der Waals surface area contributed by atoms with E-state index in [4.69, 9.17) is 9.47 Å². The number of sulfonamides is 1. The molecule has 0 saturated carbocycles. The molecule has 4 rings (SSSR count). The normalized spacial score (nSPS) is 20.3. The maximum absolute atomic E-state index is 13.5. The lowest BCUT2D eigenvalue weighted by atomic mass is 10.0. The summed E-state index contributed by atoms with van der Waals surface area (Å²) in [6.07, 6.45) is 1.32. The van der Waals surface area contributed by atoms with Gasteiger partial charge in [-0.2, -0.15) is 4.31 Å². The topological polar surface area (TPSA) is 55.8 Å². The molecule has 0 unspecified atom stereocenters. The van der Waals surface area contributed by atoms with Gasteiger partial charge in [0, 0.05) is 6.54 Å². The first-order valence-corrected chi connectivity index (χ1v) is 9.77. The summed E-state index contributed by atoms with van der Waals surface area (Å²) in [7, 11) is -3.94. The van der Waals surface area contributed by atoms with Crippen molar-refractivity contribution in [3.63, 3.8) is 0 Å². The monoisotopic (exact) mass is 381 g/mol. The van der Waals surface area contributed by atoms with Crippen molar-refractivity contribution in [3.05, 3.63) is 53.6 Å². The molecule has 0 aliphatic carbocycles. The maximum Gasteiger partial charge on any atom is 0.243 e. The molecule has 2 aliphatic heterocycles. The molecule has 1 fully saturated rings. The predicted molar refractivity (Wildman–Crippen MR) is 89.7 cm³/mol. The van der Waals surface area contributed by atoms with Gasteiger partial charge in [-0.15, -0.1) is 0 Å². The van der Waals surface area contributed by atoms with Crippen LogP contribution in [0, 0.1) is 11.6 Å². The van der Waals surface area contributed by atoms with Gasteiger partial charge in [0.15, 0.2) is 23.1 Å². The molecule has 0 radical (unpaired) electrons. The molecule has 0 amide bonds. The average Bonchev–Trinajstić information content (AvgIpc) is 3.14. The molecule has 8 heteroatoms. The van der Waals surface area contributed by atoms with Crippen LogP contribution in [0.1, 0.15) is 24.4 Å². The van der Waals surface area contributed by atoms with Crippen molar-refractivity contribution < 1.29 is 26.7 Å². The Bertz CT molecular complexity index is 948. The fourth-order valence-electron chi connectivity index (χ4n) is 3.40. The van der Waals surface area contributed by atoms with Crippen LogP contribution < -0.4 is 9.47 Å². The Morgan fingerprint density at radius 3 is 2.50 bits per heavy atom. The van der Waals surface area contributed by atoms with Crippen molar-refractivity contribution in [2.24, 2.45) is 0 Å². The maximum atomic E-state index is 13.5. The quantitative estimate of drug-likeness (QED) is 0.819. The lowest BCUT2D eigenvalue weighted by molar-refractivity contribution is 0.171. The number of rotatable bonds is 3. The van der Waals surface area contributed by atoms with E-state index in [1.807, 2.05) is 6.07 Å². The van der Waals surface area contributed by atoms with Crippen LogP contribution in [0.15, 0.2) is 41.3 Å². The molecular formula is C18H17F2NO4S. The standard InChI is InChI=1S/C18H17F2NO4S/c19-14-5-4-13(11-15(14)20)26(22,23)21-7-1-2-16(21)12-3-6-17-18(10-12)25-9-8-24-17/h3-6,10-11,16H,1-2,7-9H2/t16-/m0/s1. The van der Waals surface area contributed by atoms with Gasteiger partial charge in [-0.1, -0.05) is 6.07 Å². The van der Waals surface area contributed by atoms with Gasteiger partial charge < -0.3 is 9.47 Å². The van der Waals surface area contributed by atoms with E-state index < -0.39 is 21.7 Å². The molecule has 0 spiro atoms. The first-order chi connectivity index (χ1) is 12.5. The number of benzene rings is 2. The van der Waals surface area contributed by atoms with Gasteiger partial charge in [-0.05, 0) is 48.7 Å². The molecule has 0 N–H and O–H groups in total. The third-order valence-electron chi connectivity index (χ3n) is 4.65. The fraction of sp³-hybridized carbons (Fsp3) is 0.333. The van der Waals surface area contributed by atoms with Gasteiger partial charge >= 0.3 is 0 Å². The summed E-state index contributed by atoms with van der Waals surface area (Å²) in [4.78, 5) is -0.249.